The molecular formula is C15H15F3. The van der Waals surface area contributed by atoms with E-state index in [0.29, 0.717) is 0 Å². The molecule has 3 heteroatoms. The van der Waals surface area contributed by atoms with Crippen LogP contribution in [0.1, 0.15) is 24.0 Å². The molecule has 1 unspecified atom stereocenters. The normalized spacial score (nSPS) is 20.4. The van der Waals surface area contributed by atoms with Crippen LogP contribution in [0.4, 0.5) is 13.2 Å². The lowest BCUT2D eigenvalue weighted by molar-refractivity contribution is -0.172. The molecule has 0 aromatic heterocycles. The lowest BCUT2D eigenvalue weighted by atomic mass is 9.98. The molecule has 0 saturated carbocycles. The minimum Gasteiger partial charge on any atom is -0.171 e. The van der Waals surface area contributed by atoms with Gasteiger partial charge in [-0.25, -0.2) is 0 Å². The Morgan fingerprint density at radius 1 is 1.11 bits per heavy atom. The molecule has 0 saturated heterocycles. The summed E-state index contributed by atoms with van der Waals surface area (Å²) in [5.74, 6) is -1.25. The highest BCUT2D eigenvalue weighted by Gasteiger charge is 2.38. The van der Waals surface area contributed by atoms with Crippen molar-refractivity contribution in [2.75, 3.05) is 0 Å². The Labute approximate surface area is 105 Å². The van der Waals surface area contributed by atoms with E-state index in [9.17, 15) is 13.2 Å². The molecule has 1 aliphatic rings. The highest BCUT2D eigenvalue weighted by atomic mass is 19.4. The average molecular weight is 252 g/mol. The lowest BCUT2D eigenvalue weighted by Gasteiger charge is -2.15. The van der Waals surface area contributed by atoms with E-state index >= 15 is 0 Å². The third kappa shape index (κ3) is 2.84. The Kier molecular flexibility index (Phi) is 3.60. The summed E-state index contributed by atoms with van der Waals surface area (Å²) in [4.78, 5) is 0. The van der Waals surface area contributed by atoms with Gasteiger partial charge in [-0.05, 0) is 36.5 Å². The highest BCUT2D eigenvalue weighted by Crippen LogP contribution is 2.35. The number of allylic oxidation sites excluding steroid dienone is 4. The summed E-state index contributed by atoms with van der Waals surface area (Å²) in [5.41, 5.74) is 2.98. The number of alkyl halides is 3. The minimum absolute atomic E-state index is 0.0557. The van der Waals surface area contributed by atoms with Gasteiger partial charge in [0.15, 0.2) is 0 Å². The molecule has 0 bridgehead atoms. The first-order valence-electron chi connectivity index (χ1n) is 5.98. The second kappa shape index (κ2) is 5.01. The molecule has 0 fully saturated rings. The second-order valence-electron chi connectivity index (χ2n) is 4.59. The maximum absolute atomic E-state index is 12.7. The quantitative estimate of drug-likeness (QED) is 0.666. The summed E-state index contributed by atoms with van der Waals surface area (Å²) in [6.07, 6.45) is 1.14. The van der Waals surface area contributed by atoms with Gasteiger partial charge in [0.1, 0.15) is 0 Å². The predicted octanol–water partition coefficient (Wildman–Crippen LogP) is 4.91. The van der Waals surface area contributed by atoms with E-state index in [-0.39, 0.29) is 12.8 Å². The summed E-state index contributed by atoms with van der Waals surface area (Å²) in [6, 6.07) is 7.75. The Hall–Kier alpha value is -1.51. The van der Waals surface area contributed by atoms with Crippen LogP contribution < -0.4 is 0 Å². The summed E-state index contributed by atoms with van der Waals surface area (Å²) in [5, 5.41) is 0. The monoisotopic (exact) mass is 252 g/mol. The molecule has 0 aliphatic heterocycles. The van der Waals surface area contributed by atoms with Gasteiger partial charge in [0, 0.05) is 0 Å². The van der Waals surface area contributed by atoms with Crippen LogP contribution in [0.2, 0.25) is 0 Å². The van der Waals surface area contributed by atoms with E-state index in [0.717, 1.165) is 16.7 Å². The number of hydrogen-bond acceptors (Lipinski definition) is 0. The smallest absolute Gasteiger partial charge is 0.171 e. The van der Waals surface area contributed by atoms with Crippen molar-refractivity contribution < 1.29 is 13.2 Å². The standard InChI is InChI=1S/C15H15F3/c1-11-5-2-3-8-14(11)12-6-4-7-13(10-9-12)15(16,17)18/h2-6,8-9,13H,7,10H2,1H3. The van der Waals surface area contributed by atoms with Gasteiger partial charge < -0.3 is 0 Å². The Morgan fingerprint density at radius 3 is 2.50 bits per heavy atom. The van der Waals surface area contributed by atoms with Crippen molar-refractivity contribution in [3.05, 3.63) is 53.6 Å². The maximum Gasteiger partial charge on any atom is 0.392 e. The molecule has 1 atom stereocenters. The largest absolute Gasteiger partial charge is 0.392 e. The second-order valence-corrected chi connectivity index (χ2v) is 4.59. The molecule has 96 valence electrons. The minimum atomic E-state index is -4.11. The molecule has 0 amide bonds. The third-order valence-electron chi connectivity index (χ3n) is 3.26. The first-order chi connectivity index (χ1) is 8.48. The molecule has 0 N–H and O–H groups in total. The molecule has 2 rings (SSSR count). The van der Waals surface area contributed by atoms with Crippen molar-refractivity contribution in [1.82, 2.24) is 0 Å². The van der Waals surface area contributed by atoms with Crippen molar-refractivity contribution >= 4 is 5.57 Å². The van der Waals surface area contributed by atoms with Crippen molar-refractivity contribution in [1.29, 1.82) is 0 Å². The van der Waals surface area contributed by atoms with Crippen molar-refractivity contribution in [2.45, 2.75) is 25.9 Å². The van der Waals surface area contributed by atoms with Crippen LogP contribution in [0.25, 0.3) is 5.57 Å². The molecule has 0 heterocycles. The van der Waals surface area contributed by atoms with Gasteiger partial charge in [0.25, 0.3) is 0 Å². The fourth-order valence-corrected chi connectivity index (χ4v) is 2.16. The summed E-state index contributed by atoms with van der Waals surface area (Å²) >= 11 is 0. The molecular weight excluding hydrogens is 237 g/mol. The molecule has 18 heavy (non-hydrogen) atoms. The van der Waals surface area contributed by atoms with Crippen LogP contribution in [-0.2, 0) is 0 Å². The Morgan fingerprint density at radius 2 is 1.83 bits per heavy atom. The van der Waals surface area contributed by atoms with E-state index in [1.54, 1.807) is 18.2 Å². The van der Waals surface area contributed by atoms with Crippen LogP contribution in [0.15, 0.2) is 42.5 Å². The SMILES string of the molecule is Cc1ccccc1C1=CCC(C(F)(F)F)CC=C1. The van der Waals surface area contributed by atoms with E-state index < -0.39 is 12.1 Å². The highest BCUT2D eigenvalue weighted by molar-refractivity contribution is 5.76. The van der Waals surface area contributed by atoms with Crippen molar-refractivity contribution in [3.63, 3.8) is 0 Å². The number of rotatable bonds is 1. The summed E-state index contributed by atoms with van der Waals surface area (Å²) < 4.78 is 38.0. The molecule has 0 nitrogen and oxygen atoms in total. The fraction of sp³-hybridized carbons (Fsp3) is 0.333. The van der Waals surface area contributed by atoms with Crippen molar-refractivity contribution in [3.8, 4) is 0 Å². The first-order valence-corrected chi connectivity index (χ1v) is 5.98. The first kappa shape index (κ1) is 12.9. The topological polar surface area (TPSA) is 0 Å². The Bertz CT molecular complexity index is 481. The fourth-order valence-electron chi connectivity index (χ4n) is 2.16. The number of hydrogen-bond donors (Lipinski definition) is 0. The van der Waals surface area contributed by atoms with E-state index in [4.69, 9.17) is 0 Å². The number of benzene rings is 1. The van der Waals surface area contributed by atoms with Gasteiger partial charge in [0.05, 0.1) is 5.92 Å². The molecule has 0 spiro atoms. The maximum atomic E-state index is 12.7. The average Bonchev–Trinajstić information content (AvgIpc) is 2.54. The third-order valence-corrected chi connectivity index (χ3v) is 3.26. The van der Waals surface area contributed by atoms with E-state index in [2.05, 4.69) is 0 Å². The van der Waals surface area contributed by atoms with Crippen LogP contribution in [0.5, 0.6) is 0 Å². The molecule has 1 aromatic rings. The zero-order chi connectivity index (χ0) is 13.2. The predicted molar refractivity (Wildman–Crippen MR) is 67.1 cm³/mol. The van der Waals surface area contributed by atoms with Gasteiger partial charge in [-0.2, -0.15) is 13.2 Å². The number of halogens is 3. The van der Waals surface area contributed by atoms with Gasteiger partial charge in [-0.1, -0.05) is 42.5 Å². The summed E-state index contributed by atoms with van der Waals surface area (Å²) in [7, 11) is 0. The lowest BCUT2D eigenvalue weighted by Crippen LogP contribution is -2.21. The van der Waals surface area contributed by atoms with Gasteiger partial charge in [-0.15, -0.1) is 0 Å². The van der Waals surface area contributed by atoms with Crippen LogP contribution in [0, 0.1) is 12.8 Å². The van der Waals surface area contributed by atoms with Crippen LogP contribution in [0.3, 0.4) is 0 Å². The summed E-state index contributed by atoms with van der Waals surface area (Å²) in [6.45, 7) is 1.97. The van der Waals surface area contributed by atoms with Gasteiger partial charge >= 0.3 is 6.18 Å². The van der Waals surface area contributed by atoms with Gasteiger partial charge in [0.2, 0.25) is 0 Å². The zero-order valence-electron chi connectivity index (χ0n) is 10.2. The van der Waals surface area contributed by atoms with E-state index in [1.807, 2.05) is 31.2 Å². The van der Waals surface area contributed by atoms with Crippen LogP contribution >= 0.6 is 0 Å². The Balaban J connectivity index is 2.27. The zero-order valence-corrected chi connectivity index (χ0v) is 10.2. The molecule has 1 aromatic carbocycles. The van der Waals surface area contributed by atoms with Crippen molar-refractivity contribution in [2.24, 2.45) is 5.92 Å². The molecule has 1 aliphatic carbocycles. The van der Waals surface area contributed by atoms with Gasteiger partial charge in [-0.3, -0.25) is 0 Å². The van der Waals surface area contributed by atoms with E-state index in [1.165, 1.54) is 0 Å². The molecule has 0 radical (unpaired) electrons. The van der Waals surface area contributed by atoms with Crippen LogP contribution in [-0.4, -0.2) is 6.18 Å². The number of aryl methyl sites for hydroxylation is 1.